The van der Waals surface area contributed by atoms with E-state index in [-0.39, 0.29) is 11.8 Å². The lowest BCUT2D eigenvalue weighted by Gasteiger charge is -2.34. The maximum Gasteiger partial charge on any atom is 0.315 e. The third kappa shape index (κ3) is 5.00. The molecule has 168 valence electrons. The summed E-state index contributed by atoms with van der Waals surface area (Å²) in [6.07, 6.45) is 4.93. The molecule has 1 aliphatic heterocycles. The normalized spacial score (nSPS) is 20.8. The van der Waals surface area contributed by atoms with E-state index in [2.05, 4.69) is 11.9 Å². The monoisotopic (exact) mass is 427 g/mol. The Kier molecular flexibility index (Phi) is 7.88. The van der Waals surface area contributed by atoms with Crippen LogP contribution < -0.4 is 9.47 Å². The van der Waals surface area contributed by atoms with E-state index in [0.717, 1.165) is 43.4 Å². The Balaban J connectivity index is 2.02. The minimum atomic E-state index is -0.620. The van der Waals surface area contributed by atoms with Gasteiger partial charge in [0.25, 0.3) is 0 Å². The molecule has 2 aliphatic rings. The fourth-order valence-electron chi connectivity index (χ4n) is 4.44. The Morgan fingerprint density at radius 2 is 1.97 bits per heavy atom. The molecular formula is C25H33NO5. The van der Waals surface area contributed by atoms with Crippen molar-refractivity contribution in [3.63, 3.8) is 0 Å². The SMILES string of the molecule is CCCCCOC(=O)C1C(C)=NC2=C(C(=O)CCC2)[C@@H]1c1ccc(OCC)c(OC)c1. The number of nitrogens with zero attached hydrogens (tertiary/aromatic N) is 1. The molecule has 1 aromatic carbocycles. The van der Waals surface area contributed by atoms with Gasteiger partial charge in [0, 0.05) is 29.3 Å². The fraction of sp³-hybridized carbons (Fsp3) is 0.560. The molecule has 6 heteroatoms. The van der Waals surface area contributed by atoms with E-state index in [1.165, 1.54) is 0 Å². The quantitative estimate of drug-likeness (QED) is 0.409. The van der Waals surface area contributed by atoms with Crippen LogP contribution in [0, 0.1) is 5.92 Å². The van der Waals surface area contributed by atoms with Crippen molar-refractivity contribution in [2.24, 2.45) is 10.9 Å². The minimum absolute atomic E-state index is 0.0686. The predicted molar refractivity (Wildman–Crippen MR) is 120 cm³/mol. The van der Waals surface area contributed by atoms with Gasteiger partial charge >= 0.3 is 5.97 Å². The van der Waals surface area contributed by atoms with E-state index in [9.17, 15) is 9.59 Å². The molecule has 0 saturated carbocycles. The number of aliphatic imine (C=N–C) groups is 1. The number of hydrogen-bond acceptors (Lipinski definition) is 6. The smallest absolute Gasteiger partial charge is 0.315 e. The molecular weight excluding hydrogens is 394 g/mol. The van der Waals surface area contributed by atoms with Gasteiger partial charge < -0.3 is 14.2 Å². The van der Waals surface area contributed by atoms with Crippen LogP contribution in [0.1, 0.15) is 70.8 Å². The molecule has 0 fully saturated rings. The summed E-state index contributed by atoms with van der Waals surface area (Å²) in [5.41, 5.74) is 3.00. The van der Waals surface area contributed by atoms with Crippen molar-refractivity contribution in [3.05, 3.63) is 35.0 Å². The number of hydrogen-bond donors (Lipinski definition) is 0. The highest BCUT2D eigenvalue weighted by atomic mass is 16.5. The van der Waals surface area contributed by atoms with Crippen LogP contribution >= 0.6 is 0 Å². The third-order valence-corrected chi connectivity index (χ3v) is 5.93. The number of benzene rings is 1. The number of allylic oxidation sites excluding steroid dienone is 2. The Morgan fingerprint density at radius 1 is 1.16 bits per heavy atom. The highest BCUT2D eigenvalue weighted by Gasteiger charge is 2.43. The van der Waals surface area contributed by atoms with E-state index in [1.807, 2.05) is 32.0 Å². The molecule has 0 aromatic heterocycles. The molecule has 1 aliphatic carbocycles. The average Bonchev–Trinajstić information content (AvgIpc) is 2.76. The second kappa shape index (κ2) is 10.6. The van der Waals surface area contributed by atoms with Crippen LogP contribution in [0.15, 0.2) is 34.5 Å². The summed E-state index contributed by atoms with van der Waals surface area (Å²) in [6, 6.07) is 5.63. The van der Waals surface area contributed by atoms with E-state index in [1.54, 1.807) is 7.11 Å². The van der Waals surface area contributed by atoms with Gasteiger partial charge in [-0.1, -0.05) is 25.8 Å². The van der Waals surface area contributed by atoms with Crippen LogP contribution in [0.3, 0.4) is 0 Å². The first kappa shape index (κ1) is 23.0. The van der Waals surface area contributed by atoms with E-state index >= 15 is 0 Å². The third-order valence-electron chi connectivity index (χ3n) is 5.93. The number of rotatable bonds is 9. The fourth-order valence-corrected chi connectivity index (χ4v) is 4.44. The molecule has 0 spiro atoms. The van der Waals surface area contributed by atoms with Crippen LogP contribution in [0.5, 0.6) is 11.5 Å². The highest BCUT2D eigenvalue weighted by Crippen LogP contribution is 2.45. The summed E-state index contributed by atoms with van der Waals surface area (Å²) in [5, 5.41) is 0. The Hall–Kier alpha value is -2.63. The minimum Gasteiger partial charge on any atom is -0.493 e. The maximum atomic E-state index is 13.2. The van der Waals surface area contributed by atoms with Crippen molar-refractivity contribution in [2.75, 3.05) is 20.3 Å². The van der Waals surface area contributed by atoms with Gasteiger partial charge in [-0.3, -0.25) is 14.6 Å². The molecule has 3 rings (SSSR count). The number of unbranched alkanes of at least 4 members (excludes halogenated alkanes) is 2. The topological polar surface area (TPSA) is 74.2 Å². The van der Waals surface area contributed by atoms with Gasteiger partial charge in [0.1, 0.15) is 5.92 Å². The van der Waals surface area contributed by atoms with Crippen molar-refractivity contribution < 1.29 is 23.8 Å². The summed E-state index contributed by atoms with van der Waals surface area (Å²) in [4.78, 5) is 30.8. The molecule has 0 radical (unpaired) electrons. The zero-order valence-corrected chi connectivity index (χ0v) is 19.0. The number of ketones is 1. The van der Waals surface area contributed by atoms with E-state index in [4.69, 9.17) is 14.2 Å². The lowest BCUT2D eigenvalue weighted by molar-refractivity contribution is -0.146. The van der Waals surface area contributed by atoms with Crippen LogP contribution in [0.25, 0.3) is 0 Å². The van der Waals surface area contributed by atoms with Crippen molar-refractivity contribution in [3.8, 4) is 11.5 Å². The average molecular weight is 428 g/mol. The molecule has 1 aromatic rings. The zero-order valence-electron chi connectivity index (χ0n) is 19.0. The molecule has 0 N–H and O–H groups in total. The van der Waals surface area contributed by atoms with Gasteiger partial charge in [0.15, 0.2) is 17.3 Å². The molecule has 0 bridgehead atoms. The largest absolute Gasteiger partial charge is 0.493 e. The second-order valence-electron chi connectivity index (χ2n) is 8.06. The zero-order chi connectivity index (χ0) is 22.4. The van der Waals surface area contributed by atoms with E-state index < -0.39 is 11.8 Å². The molecule has 1 heterocycles. The molecule has 2 atom stereocenters. The molecule has 0 amide bonds. The Morgan fingerprint density at radius 3 is 2.68 bits per heavy atom. The lowest BCUT2D eigenvalue weighted by atomic mass is 9.71. The summed E-state index contributed by atoms with van der Waals surface area (Å²) < 4.78 is 16.8. The number of esters is 1. The maximum absolute atomic E-state index is 13.2. The standard InChI is InChI=1S/C25H33NO5/c1-5-7-8-14-31-25(28)22-16(3)26-18-10-9-11-19(27)24(18)23(22)17-12-13-20(30-6-2)21(15-17)29-4/h12-13,15,22-23H,5-11,14H2,1-4H3/t22?,23-/m1/s1. The molecule has 31 heavy (non-hydrogen) atoms. The van der Waals surface area contributed by atoms with Crippen molar-refractivity contribution in [1.82, 2.24) is 0 Å². The number of Topliss-reactive ketones (excluding diaryl/α,β-unsaturated/α-hetero) is 1. The molecule has 0 saturated heterocycles. The molecule has 6 nitrogen and oxygen atoms in total. The Bertz CT molecular complexity index is 886. The van der Waals surface area contributed by atoms with Crippen molar-refractivity contribution in [2.45, 2.75) is 65.2 Å². The lowest BCUT2D eigenvalue weighted by Crippen LogP contribution is -2.37. The summed E-state index contributed by atoms with van der Waals surface area (Å²) in [6.45, 7) is 6.79. The highest BCUT2D eigenvalue weighted by molar-refractivity contribution is 6.08. The summed E-state index contributed by atoms with van der Waals surface area (Å²) in [5.74, 6) is -0.0781. The second-order valence-corrected chi connectivity index (χ2v) is 8.06. The van der Waals surface area contributed by atoms with Gasteiger partial charge in [-0.05, 0) is 50.8 Å². The summed E-state index contributed by atoms with van der Waals surface area (Å²) in [7, 11) is 1.59. The number of methoxy groups -OCH3 is 1. The van der Waals surface area contributed by atoms with E-state index in [0.29, 0.717) is 42.4 Å². The van der Waals surface area contributed by atoms with Crippen LogP contribution in [0.2, 0.25) is 0 Å². The van der Waals surface area contributed by atoms with Crippen molar-refractivity contribution in [1.29, 1.82) is 0 Å². The number of carbonyl (C=O) groups excluding carboxylic acids is 2. The number of ether oxygens (including phenoxy) is 3. The predicted octanol–water partition coefficient (Wildman–Crippen LogP) is 5.01. The van der Waals surface area contributed by atoms with Gasteiger partial charge in [0.05, 0.1) is 20.3 Å². The van der Waals surface area contributed by atoms with Gasteiger partial charge in [0.2, 0.25) is 0 Å². The van der Waals surface area contributed by atoms with Crippen LogP contribution in [-0.2, 0) is 14.3 Å². The van der Waals surface area contributed by atoms with Gasteiger partial charge in [-0.15, -0.1) is 0 Å². The van der Waals surface area contributed by atoms with Gasteiger partial charge in [-0.25, -0.2) is 0 Å². The molecule has 1 unspecified atom stereocenters. The first-order chi connectivity index (χ1) is 15.0. The first-order valence-electron chi connectivity index (χ1n) is 11.3. The van der Waals surface area contributed by atoms with Crippen molar-refractivity contribution >= 4 is 17.5 Å². The van der Waals surface area contributed by atoms with Crippen LogP contribution in [-0.4, -0.2) is 37.8 Å². The van der Waals surface area contributed by atoms with Crippen LogP contribution in [0.4, 0.5) is 0 Å². The number of carbonyl (C=O) groups is 2. The first-order valence-corrected chi connectivity index (χ1v) is 11.3. The Labute approximate surface area is 184 Å². The van der Waals surface area contributed by atoms with Gasteiger partial charge in [-0.2, -0.15) is 0 Å². The summed E-state index contributed by atoms with van der Waals surface area (Å²) >= 11 is 0.